The van der Waals surface area contributed by atoms with E-state index in [1.807, 2.05) is 38.1 Å². The van der Waals surface area contributed by atoms with Crippen LogP contribution in [0.5, 0.6) is 0 Å². The van der Waals surface area contributed by atoms with Gasteiger partial charge in [0.15, 0.2) is 11.5 Å². The molecule has 4 rings (SSSR count). The molecule has 0 spiro atoms. The van der Waals surface area contributed by atoms with Gasteiger partial charge < -0.3 is 0 Å². The topological polar surface area (TPSA) is 79.8 Å². The van der Waals surface area contributed by atoms with E-state index in [1.54, 1.807) is 22.8 Å². The Labute approximate surface area is 154 Å². The Bertz CT molecular complexity index is 1190. The molecular weight excluding hydrogens is 348 g/mol. The molecule has 0 aliphatic rings. The number of fused-ring (bicyclic) bond motifs is 2. The Morgan fingerprint density at radius 1 is 1.15 bits per heavy atom. The van der Waals surface area contributed by atoms with E-state index >= 15 is 0 Å². The van der Waals surface area contributed by atoms with E-state index in [9.17, 15) is 0 Å². The smallest absolute Gasteiger partial charge is 0.177 e. The number of hydrogen-bond donors (Lipinski definition) is 0. The van der Waals surface area contributed by atoms with Crippen molar-refractivity contribution in [1.82, 2.24) is 24.6 Å². The molecule has 0 aliphatic carbocycles. The molecule has 3 aromatic heterocycles. The van der Waals surface area contributed by atoms with Crippen molar-refractivity contribution in [2.24, 2.45) is 0 Å². The molecule has 4 aromatic rings. The molecule has 0 saturated carbocycles. The minimum absolute atomic E-state index is 0.397. The van der Waals surface area contributed by atoms with Gasteiger partial charge in [-0.1, -0.05) is 17.7 Å². The van der Waals surface area contributed by atoms with Gasteiger partial charge in [0.1, 0.15) is 6.07 Å². The van der Waals surface area contributed by atoms with E-state index in [-0.39, 0.29) is 0 Å². The first-order valence-corrected chi connectivity index (χ1v) is 8.30. The Morgan fingerprint density at radius 3 is 2.77 bits per heavy atom. The molecule has 26 heavy (non-hydrogen) atoms. The third-order valence-electron chi connectivity index (χ3n) is 4.05. The summed E-state index contributed by atoms with van der Waals surface area (Å²) in [5.41, 5.74) is 4.42. The molecule has 0 unspecified atom stereocenters. The molecule has 0 bridgehead atoms. The lowest BCUT2D eigenvalue weighted by molar-refractivity contribution is 0.884. The maximum atomic E-state index is 9.06. The molecule has 0 aliphatic heterocycles. The van der Waals surface area contributed by atoms with E-state index in [4.69, 9.17) is 16.9 Å². The first-order valence-electron chi connectivity index (χ1n) is 7.92. The van der Waals surface area contributed by atoms with Crippen molar-refractivity contribution in [3.8, 4) is 6.07 Å². The molecule has 0 N–H and O–H groups in total. The lowest BCUT2D eigenvalue weighted by atomic mass is 10.1. The van der Waals surface area contributed by atoms with Gasteiger partial charge in [-0.05, 0) is 44.2 Å². The van der Waals surface area contributed by atoms with Gasteiger partial charge in [-0.2, -0.15) is 5.26 Å². The van der Waals surface area contributed by atoms with Gasteiger partial charge in [-0.25, -0.2) is 14.5 Å². The predicted octanol–water partition coefficient (Wildman–Crippen LogP) is 3.98. The standard InChI is InChI=1S/C19H13ClN6/c1-11-10-22-12(2)19-24-18(25-26(11)19)6-5-15-4-3-13-7-14(9-21)16(20)8-17(13)23-15/h3-8,10H,1-2H3. The van der Waals surface area contributed by atoms with Crippen LogP contribution in [0, 0.1) is 25.2 Å². The van der Waals surface area contributed by atoms with Gasteiger partial charge in [0.25, 0.3) is 0 Å². The van der Waals surface area contributed by atoms with Crippen molar-refractivity contribution in [2.45, 2.75) is 13.8 Å². The minimum atomic E-state index is 0.397. The molecular formula is C19H13ClN6. The second kappa shape index (κ2) is 6.21. The fraction of sp³-hybridized carbons (Fsp3) is 0.105. The zero-order valence-electron chi connectivity index (χ0n) is 14.1. The molecule has 126 valence electrons. The van der Waals surface area contributed by atoms with E-state index < -0.39 is 0 Å². The number of rotatable bonds is 2. The summed E-state index contributed by atoms with van der Waals surface area (Å²) in [6.45, 7) is 3.84. The number of nitrogens with zero attached hydrogens (tertiary/aromatic N) is 6. The number of hydrogen-bond acceptors (Lipinski definition) is 5. The zero-order valence-corrected chi connectivity index (χ0v) is 14.9. The van der Waals surface area contributed by atoms with Crippen molar-refractivity contribution in [3.63, 3.8) is 0 Å². The fourth-order valence-corrected chi connectivity index (χ4v) is 2.88. The third-order valence-corrected chi connectivity index (χ3v) is 4.36. The summed E-state index contributed by atoms with van der Waals surface area (Å²) in [7, 11) is 0. The van der Waals surface area contributed by atoms with Gasteiger partial charge in [0.2, 0.25) is 0 Å². The Hall–Kier alpha value is -3.30. The summed E-state index contributed by atoms with van der Waals surface area (Å²) in [6.07, 6.45) is 5.43. The quantitative estimate of drug-likeness (QED) is 0.540. The lowest BCUT2D eigenvalue weighted by Crippen LogP contribution is -1.97. The van der Waals surface area contributed by atoms with Gasteiger partial charge in [0.05, 0.1) is 33.2 Å². The van der Waals surface area contributed by atoms with E-state index in [0.717, 1.165) is 33.6 Å². The number of pyridine rings is 1. The predicted molar refractivity (Wildman–Crippen MR) is 101 cm³/mol. The van der Waals surface area contributed by atoms with Crippen LogP contribution >= 0.6 is 11.6 Å². The summed E-state index contributed by atoms with van der Waals surface area (Å²) < 4.78 is 1.78. The Kier molecular flexibility index (Phi) is 3.86. The first kappa shape index (κ1) is 16.2. The second-order valence-electron chi connectivity index (χ2n) is 5.90. The Morgan fingerprint density at radius 2 is 2.00 bits per heavy atom. The first-order chi connectivity index (χ1) is 12.5. The minimum Gasteiger partial charge on any atom is -0.256 e. The maximum absolute atomic E-state index is 9.06. The van der Waals surface area contributed by atoms with Crippen LogP contribution < -0.4 is 0 Å². The zero-order chi connectivity index (χ0) is 18.3. The van der Waals surface area contributed by atoms with E-state index in [0.29, 0.717) is 16.4 Å². The average Bonchev–Trinajstić information content (AvgIpc) is 3.08. The van der Waals surface area contributed by atoms with Crippen molar-refractivity contribution in [1.29, 1.82) is 5.26 Å². The number of halogens is 1. The molecule has 0 radical (unpaired) electrons. The van der Waals surface area contributed by atoms with Crippen LogP contribution in [0.25, 0.3) is 28.7 Å². The van der Waals surface area contributed by atoms with Crippen molar-refractivity contribution in [3.05, 3.63) is 64.0 Å². The van der Waals surface area contributed by atoms with Crippen molar-refractivity contribution < 1.29 is 0 Å². The van der Waals surface area contributed by atoms with Crippen LogP contribution in [0.1, 0.15) is 28.5 Å². The fourth-order valence-electron chi connectivity index (χ4n) is 2.68. The monoisotopic (exact) mass is 360 g/mol. The van der Waals surface area contributed by atoms with Gasteiger partial charge >= 0.3 is 0 Å². The Balaban J connectivity index is 1.72. The summed E-state index contributed by atoms with van der Waals surface area (Å²) in [5.74, 6) is 0.587. The lowest BCUT2D eigenvalue weighted by Gasteiger charge is -2.01. The average molecular weight is 361 g/mol. The van der Waals surface area contributed by atoms with Crippen LogP contribution in [0.15, 0.2) is 30.5 Å². The van der Waals surface area contributed by atoms with Gasteiger partial charge in [0, 0.05) is 11.6 Å². The van der Waals surface area contributed by atoms with Gasteiger partial charge in [-0.15, -0.1) is 5.10 Å². The molecule has 3 heterocycles. The summed E-state index contributed by atoms with van der Waals surface area (Å²) in [4.78, 5) is 13.4. The van der Waals surface area contributed by atoms with E-state index in [1.165, 1.54) is 0 Å². The highest BCUT2D eigenvalue weighted by atomic mass is 35.5. The van der Waals surface area contributed by atoms with Crippen LogP contribution in [-0.2, 0) is 0 Å². The van der Waals surface area contributed by atoms with Crippen LogP contribution in [-0.4, -0.2) is 24.6 Å². The molecule has 0 amide bonds. The van der Waals surface area contributed by atoms with Crippen molar-refractivity contribution >= 4 is 40.3 Å². The molecule has 0 fully saturated rings. The molecule has 0 saturated heterocycles. The summed E-state index contributed by atoms with van der Waals surface area (Å²) in [6, 6.07) is 9.30. The molecule has 6 nitrogen and oxygen atoms in total. The molecule has 1 aromatic carbocycles. The number of aryl methyl sites for hydroxylation is 2. The largest absolute Gasteiger partial charge is 0.256 e. The number of benzene rings is 1. The van der Waals surface area contributed by atoms with Crippen LogP contribution in [0.2, 0.25) is 5.02 Å². The van der Waals surface area contributed by atoms with Crippen LogP contribution in [0.4, 0.5) is 0 Å². The normalized spacial score (nSPS) is 11.5. The number of aromatic nitrogens is 5. The number of nitriles is 1. The maximum Gasteiger partial charge on any atom is 0.177 e. The van der Waals surface area contributed by atoms with Crippen molar-refractivity contribution in [2.75, 3.05) is 0 Å². The molecule has 0 atom stereocenters. The molecule has 7 heteroatoms. The highest BCUT2D eigenvalue weighted by Crippen LogP contribution is 2.23. The SMILES string of the molecule is Cc1ncc(C)n2nc(C=Cc3ccc4cc(C#N)c(Cl)cc4n3)nc12. The summed E-state index contributed by atoms with van der Waals surface area (Å²) in [5, 5.41) is 14.8. The van der Waals surface area contributed by atoms with Crippen LogP contribution in [0.3, 0.4) is 0 Å². The second-order valence-corrected chi connectivity index (χ2v) is 6.30. The highest BCUT2D eigenvalue weighted by molar-refractivity contribution is 6.32. The van der Waals surface area contributed by atoms with Gasteiger partial charge in [-0.3, -0.25) is 4.98 Å². The van der Waals surface area contributed by atoms with E-state index in [2.05, 4.69) is 26.1 Å². The summed E-state index contributed by atoms with van der Waals surface area (Å²) >= 11 is 6.09. The third kappa shape index (κ3) is 2.79. The highest BCUT2D eigenvalue weighted by Gasteiger charge is 2.07.